The van der Waals surface area contributed by atoms with Gasteiger partial charge in [0.25, 0.3) is 0 Å². The molecule has 1 N–H and O–H groups in total. The molecule has 1 aliphatic carbocycles. The predicted molar refractivity (Wildman–Crippen MR) is 64.8 cm³/mol. The van der Waals surface area contributed by atoms with Crippen LogP contribution in [0.25, 0.3) is 0 Å². The molecule has 0 aliphatic heterocycles. The molecular weight excluding hydrogens is 254 g/mol. The van der Waals surface area contributed by atoms with Crippen LogP contribution in [0.5, 0.6) is 0 Å². The Morgan fingerprint density at radius 1 is 1.67 bits per heavy atom. The summed E-state index contributed by atoms with van der Waals surface area (Å²) in [7, 11) is 0. The molecule has 0 spiro atoms. The van der Waals surface area contributed by atoms with Crippen LogP contribution in [0.4, 0.5) is 0 Å². The fourth-order valence-electron chi connectivity index (χ4n) is 2.21. The standard InChI is InChI=1S/C11H18BrN3/c1-9(14-11(2)4-3-5-11)7-15-8-10(12)6-13-15/h6,8-9,14H,3-5,7H2,1-2H3/t9-/m1/s1. The number of nitrogens with zero attached hydrogens (tertiary/aromatic N) is 2. The summed E-state index contributed by atoms with van der Waals surface area (Å²) in [5, 5.41) is 7.93. The van der Waals surface area contributed by atoms with Gasteiger partial charge in [0, 0.05) is 17.8 Å². The van der Waals surface area contributed by atoms with E-state index in [4.69, 9.17) is 0 Å². The lowest BCUT2D eigenvalue weighted by atomic mass is 9.78. The van der Waals surface area contributed by atoms with Gasteiger partial charge in [-0.1, -0.05) is 0 Å². The van der Waals surface area contributed by atoms with E-state index in [9.17, 15) is 0 Å². The SMILES string of the molecule is C[C@H](Cn1cc(Br)cn1)NC1(C)CCC1. The van der Waals surface area contributed by atoms with E-state index >= 15 is 0 Å². The Morgan fingerprint density at radius 3 is 2.87 bits per heavy atom. The van der Waals surface area contributed by atoms with Crippen LogP contribution in [0.2, 0.25) is 0 Å². The molecule has 2 rings (SSSR count). The second-order valence-electron chi connectivity index (χ2n) is 4.84. The second-order valence-corrected chi connectivity index (χ2v) is 5.76. The van der Waals surface area contributed by atoms with Crippen LogP contribution in [-0.2, 0) is 6.54 Å². The Kier molecular flexibility index (Phi) is 3.16. The van der Waals surface area contributed by atoms with Gasteiger partial charge in [-0.25, -0.2) is 0 Å². The van der Waals surface area contributed by atoms with Crippen molar-refractivity contribution in [2.75, 3.05) is 0 Å². The van der Waals surface area contributed by atoms with E-state index in [1.165, 1.54) is 19.3 Å². The van der Waals surface area contributed by atoms with E-state index in [1.807, 2.05) is 17.1 Å². The van der Waals surface area contributed by atoms with Crippen molar-refractivity contribution in [3.8, 4) is 0 Å². The highest BCUT2D eigenvalue weighted by Gasteiger charge is 2.32. The van der Waals surface area contributed by atoms with Gasteiger partial charge in [0.05, 0.1) is 17.2 Å². The maximum absolute atomic E-state index is 4.26. The molecule has 0 saturated heterocycles. The molecule has 1 heterocycles. The average Bonchev–Trinajstić information content (AvgIpc) is 2.48. The van der Waals surface area contributed by atoms with E-state index in [0.717, 1.165) is 11.0 Å². The molecule has 4 heteroatoms. The van der Waals surface area contributed by atoms with Gasteiger partial charge in [-0.05, 0) is 49.0 Å². The summed E-state index contributed by atoms with van der Waals surface area (Å²) >= 11 is 3.40. The van der Waals surface area contributed by atoms with Gasteiger partial charge in [0.1, 0.15) is 0 Å². The lowest BCUT2D eigenvalue weighted by Crippen LogP contribution is -2.52. The zero-order valence-electron chi connectivity index (χ0n) is 9.33. The van der Waals surface area contributed by atoms with Crippen LogP contribution in [0.15, 0.2) is 16.9 Å². The van der Waals surface area contributed by atoms with Crippen molar-refractivity contribution in [1.82, 2.24) is 15.1 Å². The lowest BCUT2D eigenvalue weighted by molar-refractivity contribution is 0.181. The van der Waals surface area contributed by atoms with Gasteiger partial charge in [-0.15, -0.1) is 0 Å². The molecule has 3 nitrogen and oxygen atoms in total. The first-order chi connectivity index (χ1) is 7.07. The van der Waals surface area contributed by atoms with Gasteiger partial charge in [0.2, 0.25) is 0 Å². The van der Waals surface area contributed by atoms with Crippen molar-refractivity contribution >= 4 is 15.9 Å². The summed E-state index contributed by atoms with van der Waals surface area (Å²) < 4.78 is 3.02. The van der Waals surface area contributed by atoms with E-state index in [-0.39, 0.29) is 0 Å². The average molecular weight is 272 g/mol. The van der Waals surface area contributed by atoms with Crippen LogP contribution in [0.3, 0.4) is 0 Å². The number of hydrogen-bond acceptors (Lipinski definition) is 2. The molecule has 1 fully saturated rings. The Balaban J connectivity index is 1.84. The summed E-state index contributed by atoms with van der Waals surface area (Å²) in [5.41, 5.74) is 0.379. The second kappa shape index (κ2) is 4.26. The van der Waals surface area contributed by atoms with Crippen LogP contribution in [0, 0.1) is 0 Å². The first-order valence-corrected chi connectivity index (χ1v) is 6.32. The summed E-state index contributed by atoms with van der Waals surface area (Å²) in [6.07, 6.45) is 7.82. The molecule has 1 saturated carbocycles. The molecule has 1 aromatic heterocycles. The smallest absolute Gasteiger partial charge is 0.0632 e. The van der Waals surface area contributed by atoms with Crippen molar-refractivity contribution in [3.63, 3.8) is 0 Å². The molecule has 1 aromatic rings. The highest BCUT2D eigenvalue weighted by Crippen LogP contribution is 2.31. The molecule has 0 bridgehead atoms. The third kappa shape index (κ3) is 2.82. The van der Waals surface area contributed by atoms with Crippen molar-refractivity contribution in [3.05, 3.63) is 16.9 Å². The van der Waals surface area contributed by atoms with Crippen molar-refractivity contribution < 1.29 is 0 Å². The highest BCUT2D eigenvalue weighted by atomic mass is 79.9. The lowest BCUT2D eigenvalue weighted by Gasteiger charge is -2.41. The minimum atomic E-state index is 0.379. The Hall–Kier alpha value is -0.350. The Morgan fingerprint density at radius 2 is 2.40 bits per heavy atom. The van der Waals surface area contributed by atoms with Crippen LogP contribution >= 0.6 is 15.9 Å². The maximum atomic E-state index is 4.26. The van der Waals surface area contributed by atoms with Gasteiger partial charge >= 0.3 is 0 Å². The van der Waals surface area contributed by atoms with Gasteiger partial charge in [0.15, 0.2) is 0 Å². The molecular formula is C11H18BrN3. The molecule has 1 atom stereocenters. The van der Waals surface area contributed by atoms with E-state index in [0.29, 0.717) is 11.6 Å². The van der Waals surface area contributed by atoms with Gasteiger partial charge < -0.3 is 5.32 Å². The maximum Gasteiger partial charge on any atom is 0.0632 e. The normalized spacial score (nSPS) is 21.0. The van der Waals surface area contributed by atoms with Gasteiger partial charge in [-0.2, -0.15) is 5.10 Å². The zero-order valence-corrected chi connectivity index (χ0v) is 10.9. The minimum Gasteiger partial charge on any atom is -0.307 e. The topological polar surface area (TPSA) is 29.9 Å². The molecule has 0 amide bonds. The number of hydrogen-bond donors (Lipinski definition) is 1. The summed E-state index contributed by atoms with van der Waals surface area (Å²) in [6.45, 7) is 5.46. The zero-order chi connectivity index (χ0) is 10.9. The molecule has 0 aromatic carbocycles. The number of nitrogens with one attached hydrogen (secondary N) is 1. The van der Waals surface area contributed by atoms with Crippen LogP contribution in [-0.4, -0.2) is 21.4 Å². The Labute approximate surface area is 99.4 Å². The number of rotatable bonds is 4. The first-order valence-electron chi connectivity index (χ1n) is 5.53. The third-order valence-corrected chi connectivity index (χ3v) is 3.52. The van der Waals surface area contributed by atoms with Crippen molar-refractivity contribution in [1.29, 1.82) is 0 Å². The fraction of sp³-hybridized carbons (Fsp3) is 0.727. The fourth-order valence-corrected chi connectivity index (χ4v) is 2.54. The quantitative estimate of drug-likeness (QED) is 0.913. The van der Waals surface area contributed by atoms with E-state index in [2.05, 4.69) is 40.2 Å². The molecule has 1 aliphatic rings. The number of halogens is 1. The van der Waals surface area contributed by atoms with Crippen molar-refractivity contribution in [2.45, 2.75) is 51.2 Å². The number of aromatic nitrogens is 2. The molecule has 84 valence electrons. The highest BCUT2D eigenvalue weighted by molar-refractivity contribution is 9.10. The minimum absolute atomic E-state index is 0.379. The molecule has 0 unspecified atom stereocenters. The Bertz CT molecular complexity index is 330. The summed E-state index contributed by atoms with van der Waals surface area (Å²) in [6, 6.07) is 0.474. The third-order valence-electron chi connectivity index (χ3n) is 3.11. The van der Waals surface area contributed by atoms with E-state index < -0.39 is 0 Å². The molecule has 15 heavy (non-hydrogen) atoms. The monoisotopic (exact) mass is 271 g/mol. The van der Waals surface area contributed by atoms with E-state index in [1.54, 1.807) is 0 Å². The molecule has 0 radical (unpaired) electrons. The van der Waals surface area contributed by atoms with Crippen LogP contribution in [0.1, 0.15) is 33.1 Å². The van der Waals surface area contributed by atoms with Crippen molar-refractivity contribution in [2.24, 2.45) is 0 Å². The summed E-state index contributed by atoms with van der Waals surface area (Å²) in [5.74, 6) is 0. The largest absolute Gasteiger partial charge is 0.307 e. The van der Waals surface area contributed by atoms with Gasteiger partial charge in [-0.3, -0.25) is 4.68 Å². The van der Waals surface area contributed by atoms with Crippen LogP contribution < -0.4 is 5.32 Å². The predicted octanol–water partition coefficient (Wildman–Crippen LogP) is 2.57. The summed E-state index contributed by atoms with van der Waals surface area (Å²) in [4.78, 5) is 0. The first kappa shape index (κ1) is 11.1.